The maximum absolute atomic E-state index is 13.9. The van der Waals surface area contributed by atoms with Gasteiger partial charge in [0.25, 0.3) is 5.91 Å². The third-order valence-electron chi connectivity index (χ3n) is 7.32. The van der Waals surface area contributed by atoms with Crippen LogP contribution in [0.25, 0.3) is 0 Å². The van der Waals surface area contributed by atoms with Crippen LogP contribution in [-0.2, 0) is 48.0 Å². The van der Waals surface area contributed by atoms with E-state index in [1.807, 2.05) is 56.3 Å². The van der Waals surface area contributed by atoms with Crippen molar-refractivity contribution in [3.05, 3.63) is 58.2 Å². The summed E-state index contributed by atoms with van der Waals surface area (Å²) in [6.07, 6.45) is -0.311. The molecule has 3 aromatic rings. The minimum atomic E-state index is -1.15. The highest BCUT2D eigenvalue weighted by Crippen LogP contribution is 2.42. The molecule has 2 aliphatic rings. The number of anilines is 1. The number of rotatable bonds is 16. The first-order chi connectivity index (χ1) is 23.1. The minimum Gasteiger partial charge on any atom is -0.425 e. The molecule has 48 heavy (non-hydrogen) atoms. The Morgan fingerprint density at radius 2 is 1.98 bits per heavy atom. The van der Waals surface area contributed by atoms with Gasteiger partial charge in [0.1, 0.15) is 17.1 Å². The number of thiazole rings is 1. The van der Waals surface area contributed by atoms with E-state index in [-0.39, 0.29) is 30.9 Å². The summed E-state index contributed by atoms with van der Waals surface area (Å²) in [5.41, 5.74) is 7.67. The number of carbonyl (C=O) groups is 4. The molecule has 4 heterocycles. The molecule has 1 saturated heterocycles. The van der Waals surface area contributed by atoms with Gasteiger partial charge in [0.15, 0.2) is 5.13 Å². The van der Waals surface area contributed by atoms with Crippen molar-refractivity contribution in [3.63, 3.8) is 0 Å². The number of hydrogen-bond donors (Lipinski definition) is 2. The number of tetrazole rings is 1. The van der Waals surface area contributed by atoms with Gasteiger partial charge in [-0.25, -0.2) is 14.5 Å². The fraction of sp³-hybridized carbons (Fsp3) is 0.467. The molecule has 0 aliphatic carbocycles. The molecular weight excluding hydrogens is 679 g/mol. The van der Waals surface area contributed by atoms with Crippen LogP contribution >= 0.6 is 34.9 Å². The van der Waals surface area contributed by atoms with E-state index < -0.39 is 35.6 Å². The first-order valence-electron chi connectivity index (χ1n) is 15.3. The van der Waals surface area contributed by atoms with Crippen molar-refractivity contribution < 1.29 is 28.7 Å². The lowest BCUT2D eigenvalue weighted by molar-refractivity contribution is -0.188. The molecule has 3 N–H and O–H groups in total. The number of β-lactam (4-membered cyclic amide) rings is 1. The first-order valence-corrected chi connectivity index (χ1v) is 18.2. The number of ether oxygens (including phenoxy) is 2. The van der Waals surface area contributed by atoms with E-state index in [0.29, 0.717) is 46.0 Å². The van der Waals surface area contributed by atoms with Crippen molar-refractivity contribution in [2.24, 2.45) is 0 Å². The van der Waals surface area contributed by atoms with Gasteiger partial charge >= 0.3 is 11.9 Å². The molecule has 3 atom stereocenters. The highest BCUT2D eigenvalue weighted by Gasteiger charge is 2.54. The van der Waals surface area contributed by atoms with E-state index in [1.54, 1.807) is 10.1 Å². The third kappa shape index (κ3) is 8.91. The maximum atomic E-state index is 13.9. The van der Waals surface area contributed by atoms with Crippen LogP contribution in [0.1, 0.15) is 31.0 Å². The number of hydrogen-bond acceptors (Lipinski definition) is 15. The van der Waals surface area contributed by atoms with Gasteiger partial charge in [-0.2, -0.15) is 0 Å². The zero-order valence-electron chi connectivity index (χ0n) is 26.7. The van der Waals surface area contributed by atoms with Crippen LogP contribution in [0.2, 0.25) is 0 Å². The zero-order chi connectivity index (χ0) is 34.2. The van der Waals surface area contributed by atoms with Crippen molar-refractivity contribution in [1.82, 2.24) is 40.3 Å². The number of fused-ring (bicyclic) bond motifs is 1. The normalized spacial score (nSPS) is 17.9. The SMILES string of the molecule is CCCC(OC(=O)Cc1ccccc1)OC(=O)C1=C(CSc2nnnn2CCN(C)C)CS[C@H]2[C@H](NC(=O)Cc3csc(N)n3)C(=O)N12. The van der Waals surface area contributed by atoms with Gasteiger partial charge in [0, 0.05) is 29.9 Å². The molecule has 0 bridgehead atoms. The molecule has 1 unspecified atom stereocenters. The summed E-state index contributed by atoms with van der Waals surface area (Å²) in [4.78, 5) is 60.5. The van der Waals surface area contributed by atoms with Crippen LogP contribution in [0.3, 0.4) is 0 Å². The van der Waals surface area contributed by atoms with E-state index in [0.717, 1.165) is 12.1 Å². The van der Waals surface area contributed by atoms with Crippen LogP contribution in [0.15, 0.2) is 52.1 Å². The zero-order valence-corrected chi connectivity index (χ0v) is 29.2. The van der Waals surface area contributed by atoms with E-state index in [2.05, 4.69) is 25.8 Å². The summed E-state index contributed by atoms with van der Waals surface area (Å²) in [5.74, 6) is -1.48. The largest absolute Gasteiger partial charge is 0.425 e. The molecule has 2 aromatic heterocycles. The Bertz CT molecular complexity index is 1650. The molecule has 0 spiro atoms. The van der Waals surface area contributed by atoms with Gasteiger partial charge < -0.3 is 25.4 Å². The molecule has 1 aromatic carbocycles. The Hall–Kier alpha value is -4.00. The standard InChI is InChI=1S/C30H37N9O6S3/c1-4-8-23(44-22(41)13-18-9-6-5-7-10-18)45-28(43)25-19(16-48-30-34-35-36-38(30)12-11-37(2)3)15-46-27-24(26(42)39(25)27)33-21(40)14-20-17-47-29(31)32-20/h5-7,9-10,17,23-24,27H,4,8,11-16H2,1-3H3,(H2,31,32)(H,33,40)/t23?,24-,27+/m1/s1. The molecule has 15 nitrogen and oxygen atoms in total. The summed E-state index contributed by atoms with van der Waals surface area (Å²) in [6.45, 7) is 3.18. The first kappa shape index (κ1) is 35.3. The summed E-state index contributed by atoms with van der Waals surface area (Å²) in [6, 6.07) is 8.28. The van der Waals surface area contributed by atoms with Crippen LogP contribution in [0.5, 0.6) is 0 Å². The predicted molar refractivity (Wildman–Crippen MR) is 180 cm³/mol. The number of thioether (sulfide) groups is 2. The molecule has 0 radical (unpaired) electrons. The predicted octanol–water partition coefficient (Wildman–Crippen LogP) is 1.72. The quantitative estimate of drug-likeness (QED) is 0.0944. The lowest BCUT2D eigenvalue weighted by atomic mass is 10.0. The van der Waals surface area contributed by atoms with Crippen molar-refractivity contribution in [2.45, 2.75) is 62.0 Å². The fourth-order valence-electron chi connectivity index (χ4n) is 4.97. The van der Waals surface area contributed by atoms with E-state index in [4.69, 9.17) is 15.2 Å². The van der Waals surface area contributed by atoms with Crippen molar-refractivity contribution in [3.8, 4) is 0 Å². The minimum absolute atomic E-state index is 0.0178. The second-order valence-corrected chi connectivity index (χ2v) is 14.3. The molecule has 18 heteroatoms. The van der Waals surface area contributed by atoms with Crippen LogP contribution in [-0.4, -0.2) is 109 Å². The Kier molecular flexibility index (Phi) is 12.1. The lowest BCUT2D eigenvalue weighted by Crippen LogP contribution is -2.70. The molecule has 2 amide bonds. The van der Waals surface area contributed by atoms with Gasteiger partial charge in [-0.05, 0) is 42.1 Å². The van der Waals surface area contributed by atoms with Crippen molar-refractivity contribution in [1.29, 1.82) is 0 Å². The maximum Gasteiger partial charge on any atom is 0.358 e. The number of carbonyl (C=O) groups excluding carboxylic acids is 4. The van der Waals surface area contributed by atoms with Crippen LogP contribution < -0.4 is 11.1 Å². The Morgan fingerprint density at radius 3 is 2.69 bits per heavy atom. The van der Waals surface area contributed by atoms with E-state index in [9.17, 15) is 19.2 Å². The second-order valence-electron chi connectivity index (χ2n) is 11.3. The topological polar surface area (TPSA) is 188 Å². The number of esters is 2. The molecule has 1 fully saturated rings. The van der Waals surface area contributed by atoms with Gasteiger partial charge in [0.05, 0.1) is 25.1 Å². The average molecular weight is 716 g/mol. The number of benzene rings is 1. The van der Waals surface area contributed by atoms with E-state index in [1.165, 1.54) is 39.8 Å². The van der Waals surface area contributed by atoms with Gasteiger partial charge in [0.2, 0.25) is 17.4 Å². The third-order valence-corrected chi connectivity index (χ3v) is 10.4. The number of nitrogens with zero attached hydrogens (tertiary/aromatic N) is 7. The molecule has 2 aliphatic heterocycles. The van der Waals surface area contributed by atoms with Crippen molar-refractivity contribution in [2.75, 3.05) is 37.9 Å². The summed E-state index contributed by atoms with van der Waals surface area (Å²) < 4.78 is 13.1. The Labute approximate surface area is 290 Å². The molecule has 256 valence electrons. The highest BCUT2D eigenvalue weighted by molar-refractivity contribution is 8.01. The summed E-state index contributed by atoms with van der Waals surface area (Å²) in [5, 5.41) is 16.9. The molecular formula is C30H37N9O6S3. The van der Waals surface area contributed by atoms with Gasteiger partial charge in [-0.1, -0.05) is 49.0 Å². The second kappa shape index (κ2) is 16.4. The van der Waals surface area contributed by atoms with Gasteiger partial charge in [-0.3, -0.25) is 19.3 Å². The monoisotopic (exact) mass is 715 g/mol. The molecule has 5 rings (SSSR count). The Balaban J connectivity index is 1.33. The lowest BCUT2D eigenvalue weighted by Gasteiger charge is -2.49. The van der Waals surface area contributed by atoms with Crippen molar-refractivity contribution >= 4 is 63.7 Å². The number of aromatic nitrogens is 5. The van der Waals surface area contributed by atoms with Crippen LogP contribution in [0, 0.1) is 0 Å². The number of nitrogen functional groups attached to an aromatic ring is 1. The highest BCUT2D eigenvalue weighted by atomic mass is 32.2. The van der Waals surface area contributed by atoms with Crippen LogP contribution in [0.4, 0.5) is 5.13 Å². The number of nitrogens with two attached hydrogens (primary N) is 1. The summed E-state index contributed by atoms with van der Waals surface area (Å²) >= 11 is 4.00. The number of amides is 2. The number of likely N-dealkylation sites (N-methyl/N-ethyl adjacent to an activating group) is 1. The van der Waals surface area contributed by atoms with E-state index >= 15 is 0 Å². The fourth-order valence-corrected chi connectivity index (χ4v) is 7.92. The summed E-state index contributed by atoms with van der Waals surface area (Å²) in [7, 11) is 3.91. The smallest absolute Gasteiger partial charge is 0.358 e. The Morgan fingerprint density at radius 1 is 1.19 bits per heavy atom. The molecule has 0 saturated carbocycles. The number of nitrogens with one attached hydrogen (secondary N) is 1. The average Bonchev–Trinajstić information content (AvgIpc) is 3.69. The van der Waals surface area contributed by atoms with Gasteiger partial charge in [-0.15, -0.1) is 28.2 Å².